The summed E-state index contributed by atoms with van der Waals surface area (Å²) in [6.07, 6.45) is 0.489. The molecule has 2 heterocycles. The van der Waals surface area contributed by atoms with Gasteiger partial charge in [-0.25, -0.2) is 4.68 Å². The lowest BCUT2D eigenvalue weighted by atomic mass is 10.1. The minimum atomic E-state index is 0. The summed E-state index contributed by atoms with van der Waals surface area (Å²) < 4.78 is 1.83. The van der Waals surface area contributed by atoms with E-state index in [2.05, 4.69) is 43.5 Å². The number of hydrogen-bond donors (Lipinski definition) is 2. The largest absolute Gasteiger partial charge is 0.312 e. The van der Waals surface area contributed by atoms with Crippen molar-refractivity contribution >= 4 is 35.9 Å². The molecule has 2 N–H and O–H groups in total. The summed E-state index contributed by atoms with van der Waals surface area (Å²) in [5.74, 6) is 3.18. The predicted molar refractivity (Wildman–Crippen MR) is 112 cm³/mol. The second-order valence-corrected chi connectivity index (χ2v) is 7.98. The van der Waals surface area contributed by atoms with Gasteiger partial charge in [-0.15, -0.1) is 12.4 Å². The average Bonchev–Trinajstić information content (AvgIpc) is 3.00. The Morgan fingerprint density at radius 1 is 1.38 bits per heavy atom. The molecule has 2 aromatic rings. The zero-order valence-electron chi connectivity index (χ0n) is 15.5. The number of hydrogen-bond acceptors (Lipinski definition) is 4. The first-order valence-corrected chi connectivity index (χ1v) is 9.96. The first-order chi connectivity index (χ1) is 12.0. The van der Waals surface area contributed by atoms with Crippen molar-refractivity contribution in [1.82, 2.24) is 15.1 Å². The summed E-state index contributed by atoms with van der Waals surface area (Å²) in [6, 6.07) is 10.4. The van der Waals surface area contributed by atoms with E-state index >= 15 is 0 Å². The van der Waals surface area contributed by atoms with Crippen LogP contribution in [0.2, 0.25) is 0 Å². The van der Waals surface area contributed by atoms with Gasteiger partial charge in [-0.2, -0.15) is 16.9 Å². The van der Waals surface area contributed by atoms with Gasteiger partial charge in [0.2, 0.25) is 5.91 Å². The molecule has 1 amide bonds. The molecular weight excluding hydrogens is 368 g/mol. The molecule has 1 aliphatic rings. The van der Waals surface area contributed by atoms with Crippen LogP contribution in [-0.4, -0.2) is 39.8 Å². The van der Waals surface area contributed by atoms with E-state index in [-0.39, 0.29) is 24.4 Å². The van der Waals surface area contributed by atoms with E-state index in [0.29, 0.717) is 12.3 Å². The third-order valence-electron chi connectivity index (χ3n) is 4.30. The summed E-state index contributed by atoms with van der Waals surface area (Å²) in [5, 5.41) is 11.2. The molecule has 0 radical (unpaired) electrons. The maximum atomic E-state index is 12.5. The molecule has 0 spiro atoms. The minimum Gasteiger partial charge on any atom is -0.312 e. The first-order valence-electron chi connectivity index (χ1n) is 8.81. The van der Waals surface area contributed by atoms with Gasteiger partial charge in [0.15, 0.2) is 0 Å². The highest BCUT2D eigenvalue weighted by atomic mass is 35.5. The fourth-order valence-corrected chi connectivity index (χ4v) is 3.77. The Balaban J connectivity index is 0.00000243. The lowest BCUT2D eigenvalue weighted by Crippen LogP contribution is -2.40. The van der Waals surface area contributed by atoms with Crippen molar-refractivity contribution < 1.29 is 4.79 Å². The molecule has 0 bridgehead atoms. The third-order valence-corrected chi connectivity index (χ3v) is 5.43. The van der Waals surface area contributed by atoms with Gasteiger partial charge in [-0.3, -0.25) is 4.79 Å². The van der Waals surface area contributed by atoms with E-state index in [4.69, 9.17) is 5.10 Å². The molecule has 0 saturated carbocycles. The Bertz CT molecular complexity index is 724. The van der Waals surface area contributed by atoms with Gasteiger partial charge >= 0.3 is 0 Å². The Labute approximate surface area is 165 Å². The molecule has 1 fully saturated rings. The summed E-state index contributed by atoms with van der Waals surface area (Å²) in [6.45, 7) is 7.25. The summed E-state index contributed by atoms with van der Waals surface area (Å²) in [5.41, 5.74) is 3.13. The number of rotatable bonds is 5. The van der Waals surface area contributed by atoms with E-state index in [1.807, 2.05) is 34.6 Å². The molecular formula is C19H27ClN4OS. The second-order valence-electron chi connectivity index (χ2n) is 6.83. The molecule has 0 aliphatic carbocycles. The van der Waals surface area contributed by atoms with Crippen LogP contribution in [0.25, 0.3) is 5.69 Å². The van der Waals surface area contributed by atoms with Gasteiger partial charge in [0.1, 0.15) is 5.82 Å². The fraction of sp³-hybridized carbons (Fsp3) is 0.474. The molecule has 5 nitrogen and oxygen atoms in total. The number of carbonyl (C=O) groups is 1. The first kappa shape index (κ1) is 20.8. The van der Waals surface area contributed by atoms with Gasteiger partial charge in [-0.1, -0.05) is 31.5 Å². The van der Waals surface area contributed by atoms with Gasteiger partial charge in [0.05, 0.1) is 11.4 Å². The Kier molecular flexibility index (Phi) is 7.55. The molecule has 1 saturated heterocycles. The van der Waals surface area contributed by atoms with Crippen LogP contribution < -0.4 is 10.6 Å². The number of carbonyl (C=O) groups excluding carboxylic acids is 1. The standard InChI is InChI=1S/C19H26N4OS.ClH/c1-13(2)17-11-18(21-19(24)10-15-12-25-9-8-20-15)23(22-17)16-6-4-14(3)5-7-16;/h4-7,11,13,15,20H,8-10,12H2,1-3H3,(H,21,24);1H. The fourth-order valence-electron chi connectivity index (χ4n) is 2.82. The second kappa shape index (κ2) is 9.44. The van der Waals surface area contributed by atoms with Crippen LogP contribution in [0, 0.1) is 6.92 Å². The molecule has 7 heteroatoms. The van der Waals surface area contributed by atoms with Gasteiger partial charge in [0, 0.05) is 36.6 Å². The molecule has 1 aromatic heterocycles. The van der Waals surface area contributed by atoms with E-state index < -0.39 is 0 Å². The van der Waals surface area contributed by atoms with Crippen LogP contribution in [0.1, 0.15) is 37.4 Å². The smallest absolute Gasteiger partial charge is 0.227 e. The third kappa shape index (κ3) is 5.25. The molecule has 1 unspecified atom stereocenters. The molecule has 1 aliphatic heterocycles. The van der Waals surface area contributed by atoms with Crippen LogP contribution in [0.3, 0.4) is 0 Å². The zero-order chi connectivity index (χ0) is 17.8. The zero-order valence-corrected chi connectivity index (χ0v) is 17.1. The number of aromatic nitrogens is 2. The maximum Gasteiger partial charge on any atom is 0.227 e. The summed E-state index contributed by atoms with van der Waals surface area (Å²) in [4.78, 5) is 12.5. The summed E-state index contributed by atoms with van der Waals surface area (Å²) >= 11 is 1.90. The predicted octanol–water partition coefficient (Wildman–Crippen LogP) is 3.76. The normalized spacial score (nSPS) is 17.0. The summed E-state index contributed by atoms with van der Waals surface area (Å²) in [7, 11) is 0. The van der Waals surface area contributed by atoms with Crippen LogP contribution in [0.4, 0.5) is 5.82 Å². The van der Waals surface area contributed by atoms with Crippen LogP contribution in [-0.2, 0) is 4.79 Å². The molecule has 1 aromatic carbocycles. The minimum absolute atomic E-state index is 0. The molecule has 3 rings (SSSR count). The van der Waals surface area contributed by atoms with Crippen LogP contribution >= 0.6 is 24.2 Å². The molecule has 142 valence electrons. The monoisotopic (exact) mass is 394 g/mol. The van der Waals surface area contributed by atoms with Crippen molar-refractivity contribution in [3.63, 3.8) is 0 Å². The average molecular weight is 395 g/mol. The Morgan fingerprint density at radius 3 is 2.73 bits per heavy atom. The highest BCUT2D eigenvalue weighted by molar-refractivity contribution is 7.99. The van der Waals surface area contributed by atoms with Crippen molar-refractivity contribution in [1.29, 1.82) is 0 Å². The number of anilines is 1. The van der Waals surface area contributed by atoms with Gasteiger partial charge < -0.3 is 10.6 Å². The van der Waals surface area contributed by atoms with Gasteiger partial charge in [-0.05, 0) is 25.0 Å². The molecule has 1 atom stereocenters. The lowest BCUT2D eigenvalue weighted by Gasteiger charge is -2.22. The van der Waals surface area contributed by atoms with Crippen molar-refractivity contribution in [3.8, 4) is 5.69 Å². The lowest BCUT2D eigenvalue weighted by molar-refractivity contribution is -0.116. The number of amides is 1. The van der Waals surface area contributed by atoms with Crippen molar-refractivity contribution in [2.45, 2.75) is 39.2 Å². The van der Waals surface area contributed by atoms with Gasteiger partial charge in [0.25, 0.3) is 0 Å². The van der Waals surface area contributed by atoms with Crippen molar-refractivity contribution in [2.24, 2.45) is 0 Å². The van der Waals surface area contributed by atoms with E-state index in [9.17, 15) is 4.79 Å². The Morgan fingerprint density at radius 2 is 2.12 bits per heavy atom. The highest BCUT2D eigenvalue weighted by Crippen LogP contribution is 2.23. The van der Waals surface area contributed by atoms with E-state index in [0.717, 1.165) is 35.2 Å². The Hall–Kier alpha value is -1.50. The molecule has 26 heavy (non-hydrogen) atoms. The number of benzene rings is 1. The van der Waals surface area contributed by atoms with Crippen molar-refractivity contribution in [3.05, 3.63) is 41.6 Å². The topological polar surface area (TPSA) is 59.0 Å². The highest BCUT2D eigenvalue weighted by Gasteiger charge is 2.19. The van der Waals surface area contributed by atoms with E-state index in [1.165, 1.54) is 5.56 Å². The van der Waals surface area contributed by atoms with Crippen LogP contribution in [0.15, 0.2) is 30.3 Å². The van der Waals surface area contributed by atoms with E-state index in [1.54, 1.807) is 0 Å². The van der Waals surface area contributed by atoms with Crippen molar-refractivity contribution in [2.75, 3.05) is 23.4 Å². The number of nitrogens with zero attached hydrogens (tertiary/aromatic N) is 2. The maximum absolute atomic E-state index is 12.5. The SMILES string of the molecule is Cc1ccc(-n2nc(C(C)C)cc2NC(=O)CC2CSCCN2)cc1.Cl. The quantitative estimate of drug-likeness (QED) is 0.810. The number of thioether (sulfide) groups is 1. The number of halogens is 1. The number of aryl methyl sites for hydroxylation is 1. The van der Waals surface area contributed by atoms with Crippen LogP contribution in [0.5, 0.6) is 0 Å². The number of nitrogens with one attached hydrogen (secondary N) is 2.